The molecule has 0 saturated carbocycles. The van der Waals surface area contributed by atoms with Crippen molar-refractivity contribution in [1.29, 1.82) is 0 Å². The van der Waals surface area contributed by atoms with E-state index in [1.54, 1.807) is 0 Å². The molecule has 84 valence electrons. The fraction of sp³-hybridized carbons (Fsp3) is 0.538. The van der Waals surface area contributed by atoms with E-state index in [1.165, 1.54) is 17.5 Å². The summed E-state index contributed by atoms with van der Waals surface area (Å²) in [6, 6.07) is 8.56. The Labute approximate surface area is 98.0 Å². The van der Waals surface area contributed by atoms with Crippen molar-refractivity contribution in [2.24, 2.45) is 0 Å². The lowest BCUT2D eigenvalue weighted by molar-refractivity contribution is 0.282. The van der Waals surface area contributed by atoms with E-state index in [1.807, 2.05) is 0 Å². The van der Waals surface area contributed by atoms with Gasteiger partial charge in [-0.25, -0.2) is 0 Å². The van der Waals surface area contributed by atoms with Crippen molar-refractivity contribution in [2.75, 3.05) is 19.0 Å². The first-order valence-corrected chi connectivity index (χ1v) is 6.14. The molecule has 0 radical (unpaired) electrons. The Morgan fingerprint density at radius 1 is 1.20 bits per heavy atom. The number of nitrogens with zero attached hydrogens (tertiary/aromatic N) is 1. The monoisotopic (exact) mass is 225 g/mol. The number of hydrogen-bond donors (Lipinski definition) is 0. The third-order valence-electron chi connectivity index (χ3n) is 2.60. The van der Waals surface area contributed by atoms with Crippen LogP contribution in [0.25, 0.3) is 0 Å². The van der Waals surface area contributed by atoms with E-state index in [-0.39, 0.29) is 0 Å². The van der Waals surface area contributed by atoms with Gasteiger partial charge in [0.1, 0.15) is 0 Å². The molecular weight excluding hydrogens is 206 g/mol. The molecule has 15 heavy (non-hydrogen) atoms. The maximum absolute atomic E-state index is 5.80. The summed E-state index contributed by atoms with van der Waals surface area (Å²) in [6.07, 6.45) is 1.18. The van der Waals surface area contributed by atoms with Gasteiger partial charge in [-0.15, -0.1) is 11.6 Å². The van der Waals surface area contributed by atoms with Gasteiger partial charge in [0.2, 0.25) is 0 Å². The van der Waals surface area contributed by atoms with Crippen LogP contribution in [0.4, 0.5) is 0 Å². The smallest absolute Gasteiger partial charge is 0.0351 e. The number of alkyl halides is 1. The van der Waals surface area contributed by atoms with Crippen molar-refractivity contribution in [3.05, 3.63) is 35.4 Å². The molecule has 0 aliphatic carbocycles. The van der Waals surface area contributed by atoms with Crippen LogP contribution in [0.15, 0.2) is 24.3 Å². The molecule has 0 unspecified atom stereocenters. The minimum atomic E-state index is 0.714. The molecule has 2 heteroatoms. The van der Waals surface area contributed by atoms with Crippen LogP contribution < -0.4 is 0 Å². The van der Waals surface area contributed by atoms with Crippen molar-refractivity contribution < 1.29 is 0 Å². The molecule has 0 amide bonds. The van der Waals surface area contributed by atoms with Crippen molar-refractivity contribution in [3.63, 3.8) is 0 Å². The van der Waals surface area contributed by atoms with E-state index in [0.717, 1.165) is 19.6 Å². The molecule has 0 aliphatic heterocycles. The zero-order chi connectivity index (χ0) is 11.1. The van der Waals surface area contributed by atoms with Crippen LogP contribution in [0.1, 0.15) is 24.5 Å². The Kier molecular flexibility index (Phi) is 5.74. The van der Waals surface area contributed by atoms with Gasteiger partial charge in [0, 0.05) is 19.0 Å². The average molecular weight is 226 g/mol. The third-order valence-corrected chi connectivity index (χ3v) is 2.76. The highest BCUT2D eigenvalue weighted by Crippen LogP contribution is 2.10. The van der Waals surface area contributed by atoms with Gasteiger partial charge in [-0.2, -0.15) is 0 Å². The Bertz CT molecular complexity index is 280. The molecule has 0 saturated heterocycles. The first-order valence-electron chi connectivity index (χ1n) is 5.60. The zero-order valence-electron chi connectivity index (χ0n) is 9.67. The minimum absolute atomic E-state index is 0.714. The summed E-state index contributed by atoms with van der Waals surface area (Å²) in [4.78, 5) is 2.41. The van der Waals surface area contributed by atoms with Crippen LogP contribution in [0.5, 0.6) is 0 Å². The number of rotatable bonds is 6. The largest absolute Gasteiger partial charge is 0.298 e. The fourth-order valence-corrected chi connectivity index (χ4v) is 1.97. The quantitative estimate of drug-likeness (QED) is 0.671. The van der Waals surface area contributed by atoms with E-state index < -0.39 is 0 Å². The van der Waals surface area contributed by atoms with Crippen molar-refractivity contribution in [1.82, 2.24) is 4.90 Å². The maximum Gasteiger partial charge on any atom is 0.0351 e. The van der Waals surface area contributed by atoms with E-state index in [0.29, 0.717) is 5.88 Å². The normalized spacial score (nSPS) is 10.9. The molecule has 0 aliphatic rings. The number of aryl methyl sites for hydroxylation is 1. The summed E-state index contributed by atoms with van der Waals surface area (Å²) in [5, 5.41) is 0. The lowest BCUT2D eigenvalue weighted by atomic mass is 10.1. The Hall–Kier alpha value is -0.530. The maximum atomic E-state index is 5.80. The summed E-state index contributed by atoms with van der Waals surface area (Å²) in [6.45, 7) is 7.50. The molecule has 0 atom stereocenters. The second-order valence-corrected chi connectivity index (χ2v) is 4.27. The van der Waals surface area contributed by atoms with Crippen LogP contribution in [0.2, 0.25) is 0 Å². The Morgan fingerprint density at radius 3 is 2.53 bits per heavy atom. The van der Waals surface area contributed by atoms with Gasteiger partial charge >= 0.3 is 0 Å². The third kappa shape index (κ3) is 4.23. The number of benzene rings is 1. The van der Waals surface area contributed by atoms with Crippen molar-refractivity contribution in [2.45, 2.75) is 26.8 Å². The highest BCUT2D eigenvalue weighted by atomic mass is 35.5. The minimum Gasteiger partial charge on any atom is -0.298 e. The molecule has 0 heterocycles. The zero-order valence-corrected chi connectivity index (χ0v) is 10.4. The first kappa shape index (κ1) is 12.5. The van der Waals surface area contributed by atoms with Crippen LogP contribution in [0, 0.1) is 6.92 Å². The summed E-state index contributed by atoms with van der Waals surface area (Å²) in [5.74, 6) is 0.714. The van der Waals surface area contributed by atoms with Gasteiger partial charge in [-0.3, -0.25) is 4.90 Å². The van der Waals surface area contributed by atoms with Crippen LogP contribution in [-0.2, 0) is 6.54 Å². The second kappa shape index (κ2) is 6.86. The summed E-state index contributed by atoms with van der Waals surface area (Å²) in [5.41, 5.74) is 2.78. The first-order chi connectivity index (χ1) is 7.27. The summed E-state index contributed by atoms with van der Waals surface area (Å²) >= 11 is 5.80. The van der Waals surface area contributed by atoms with Gasteiger partial charge in [0.15, 0.2) is 0 Å². The van der Waals surface area contributed by atoms with E-state index in [4.69, 9.17) is 11.6 Å². The molecule has 0 N–H and O–H groups in total. The Morgan fingerprint density at radius 2 is 1.93 bits per heavy atom. The number of hydrogen-bond acceptors (Lipinski definition) is 1. The molecule has 0 spiro atoms. The van der Waals surface area contributed by atoms with Crippen LogP contribution >= 0.6 is 11.6 Å². The van der Waals surface area contributed by atoms with E-state index in [9.17, 15) is 0 Å². The fourth-order valence-electron chi connectivity index (χ4n) is 1.73. The molecule has 1 rings (SSSR count). The van der Waals surface area contributed by atoms with Crippen molar-refractivity contribution in [3.8, 4) is 0 Å². The van der Waals surface area contributed by atoms with Gasteiger partial charge in [0.05, 0.1) is 0 Å². The van der Waals surface area contributed by atoms with E-state index >= 15 is 0 Å². The highest BCUT2D eigenvalue weighted by Gasteiger charge is 2.05. The van der Waals surface area contributed by atoms with Crippen LogP contribution in [0.3, 0.4) is 0 Å². The topological polar surface area (TPSA) is 3.24 Å². The molecule has 1 aromatic rings. The number of halogens is 1. The predicted octanol–water partition coefficient (Wildman–Crippen LogP) is 3.45. The average Bonchev–Trinajstić information content (AvgIpc) is 2.22. The molecule has 1 nitrogen and oxygen atoms in total. The van der Waals surface area contributed by atoms with Gasteiger partial charge in [-0.1, -0.05) is 31.2 Å². The standard InChI is InChI=1S/C13H20ClN/c1-3-9-15(10-8-14)11-13-7-5-4-6-12(13)2/h4-7H,3,8-11H2,1-2H3. The molecular formula is C13H20ClN. The van der Waals surface area contributed by atoms with Gasteiger partial charge in [0.25, 0.3) is 0 Å². The second-order valence-electron chi connectivity index (χ2n) is 3.89. The predicted molar refractivity (Wildman–Crippen MR) is 67.5 cm³/mol. The molecule has 0 bridgehead atoms. The summed E-state index contributed by atoms with van der Waals surface area (Å²) < 4.78 is 0. The lowest BCUT2D eigenvalue weighted by Crippen LogP contribution is -2.26. The van der Waals surface area contributed by atoms with Crippen LogP contribution in [-0.4, -0.2) is 23.9 Å². The van der Waals surface area contributed by atoms with E-state index in [2.05, 4.69) is 43.0 Å². The SMILES string of the molecule is CCCN(CCCl)Cc1ccccc1C. The van der Waals surface area contributed by atoms with Gasteiger partial charge < -0.3 is 0 Å². The Balaban J connectivity index is 2.60. The van der Waals surface area contributed by atoms with Crippen molar-refractivity contribution >= 4 is 11.6 Å². The molecule has 0 fully saturated rings. The summed E-state index contributed by atoms with van der Waals surface area (Å²) in [7, 11) is 0. The highest BCUT2D eigenvalue weighted by molar-refractivity contribution is 6.18. The van der Waals surface area contributed by atoms with Gasteiger partial charge in [-0.05, 0) is 31.0 Å². The molecule has 0 aromatic heterocycles. The lowest BCUT2D eigenvalue weighted by Gasteiger charge is -2.21. The molecule has 1 aromatic carbocycles.